The van der Waals surface area contributed by atoms with Crippen LogP contribution in [0.4, 0.5) is 26.0 Å². The third kappa shape index (κ3) is 3.78. The third-order valence-corrected chi connectivity index (χ3v) is 2.23. The molecule has 0 radical (unpaired) electrons. The molecule has 2 N–H and O–H groups in total. The topological polar surface area (TPSA) is 69.2 Å². The van der Waals surface area contributed by atoms with E-state index in [0.29, 0.717) is 17.2 Å². The van der Waals surface area contributed by atoms with Crippen LogP contribution >= 0.6 is 0 Å². The minimum Gasteiger partial charge on any atom is -0.761 e. The van der Waals surface area contributed by atoms with E-state index < -0.39 is 6.61 Å². The Morgan fingerprint density at radius 3 is 2.47 bits per heavy atom. The predicted molar refractivity (Wildman–Crippen MR) is 67.6 cm³/mol. The van der Waals surface area contributed by atoms with Gasteiger partial charge in [-0.1, -0.05) is 0 Å². The van der Waals surface area contributed by atoms with Crippen LogP contribution in [0.25, 0.3) is 0 Å². The van der Waals surface area contributed by atoms with Crippen molar-refractivity contribution in [2.75, 3.05) is 10.8 Å². The van der Waals surface area contributed by atoms with Crippen LogP contribution in [0.3, 0.4) is 0 Å². The number of halogens is 2. The van der Waals surface area contributed by atoms with E-state index in [-0.39, 0.29) is 5.75 Å². The molecule has 19 heavy (non-hydrogen) atoms. The summed E-state index contributed by atoms with van der Waals surface area (Å²) in [5.74, 6) is 0.534. The second-order valence-corrected chi connectivity index (χ2v) is 3.56. The fraction of sp³-hybridized carbons (Fsp3) is 0.0833. The number of ether oxygens (including phenoxy) is 1. The van der Waals surface area contributed by atoms with Crippen LogP contribution < -0.4 is 15.5 Å². The lowest BCUT2D eigenvalue weighted by atomic mass is 10.3. The van der Waals surface area contributed by atoms with E-state index in [1.165, 1.54) is 30.5 Å². The van der Waals surface area contributed by atoms with Crippen LogP contribution in [0.1, 0.15) is 0 Å². The molecule has 0 spiro atoms. The smallest absolute Gasteiger partial charge is 0.387 e. The summed E-state index contributed by atoms with van der Waals surface area (Å²) in [7, 11) is 0. The monoisotopic (exact) mass is 266 g/mol. The number of rotatable bonds is 5. The number of aromatic nitrogens is 1. The van der Waals surface area contributed by atoms with Gasteiger partial charge in [0.25, 0.3) is 0 Å². The van der Waals surface area contributed by atoms with Gasteiger partial charge >= 0.3 is 6.61 Å². The summed E-state index contributed by atoms with van der Waals surface area (Å²) in [6.45, 7) is -2.85. The van der Waals surface area contributed by atoms with Crippen molar-refractivity contribution < 1.29 is 13.5 Å². The summed E-state index contributed by atoms with van der Waals surface area (Å²) < 4.78 is 28.2. The highest BCUT2D eigenvalue weighted by Gasteiger charge is 2.03. The number of hydrogen-bond donors (Lipinski definition) is 2. The number of hydrogen-bond acceptors (Lipinski definition) is 5. The molecule has 5 nitrogen and oxygen atoms in total. The zero-order valence-electron chi connectivity index (χ0n) is 9.64. The van der Waals surface area contributed by atoms with Gasteiger partial charge in [-0.25, -0.2) is 4.98 Å². The summed E-state index contributed by atoms with van der Waals surface area (Å²) in [6.07, 6.45) is 1.47. The number of nitrogens with one attached hydrogen (secondary N) is 2. The first-order chi connectivity index (χ1) is 9.17. The van der Waals surface area contributed by atoms with Gasteiger partial charge in [0.05, 0.1) is 0 Å². The molecule has 0 unspecified atom stereocenters. The van der Waals surface area contributed by atoms with Gasteiger partial charge in [0.2, 0.25) is 0 Å². The Hall–Kier alpha value is -2.41. The van der Waals surface area contributed by atoms with Gasteiger partial charge in [-0.3, -0.25) is 0 Å². The van der Waals surface area contributed by atoms with Crippen LogP contribution in [0.2, 0.25) is 0 Å². The fourth-order valence-electron chi connectivity index (χ4n) is 1.43. The first-order valence-electron chi connectivity index (χ1n) is 5.33. The number of pyridine rings is 1. The average Bonchev–Trinajstić information content (AvgIpc) is 2.41. The molecular weight excluding hydrogens is 256 g/mol. The minimum atomic E-state index is -2.85. The maximum Gasteiger partial charge on any atom is 0.387 e. The highest BCUT2D eigenvalue weighted by molar-refractivity contribution is 5.61. The van der Waals surface area contributed by atoms with Crippen molar-refractivity contribution in [1.29, 1.82) is 0 Å². The quantitative estimate of drug-likeness (QED) is 0.812. The lowest BCUT2D eigenvalue weighted by Crippen LogP contribution is -2.01. The molecule has 1 heterocycles. The first kappa shape index (κ1) is 13.0. The second-order valence-electron chi connectivity index (χ2n) is 3.56. The van der Waals surface area contributed by atoms with E-state index in [1.807, 2.05) is 0 Å². The number of benzene rings is 1. The van der Waals surface area contributed by atoms with Crippen LogP contribution in [-0.2, 0) is 0 Å². The Morgan fingerprint density at radius 1 is 1.11 bits per heavy atom. The van der Waals surface area contributed by atoms with Crippen LogP contribution in [-0.4, -0.2) is 11.6 Å². The summed E-state index contributed by atoms with van der Waals surface area (Å²) in [4.78, 5) is 4.01. The highest BCUT2D eigenvalue weighted by atomic mass is 19.3. The normalized spacial score (nSPS) is 10.3. The fourth-order valence-corrected chi connectivity index (χ4v) is 1.43. The molecule has 0 saturated carbocycles. The molecule has 0 saturated heterocycles. The van der Waals surface area contributed by atoms with E-state index >= 15 is 0 Å². The van der Waals surface area contributed by atoms with Crippen molar-refractivity contribution >= 4 is 17.2 Å². The molecule has 0 aliphatic carbocycles. The van der Waals surface area contributed by atoms with Crippen molar-refractivity contribution in [2.24, 2.45) is 0 Å². The molecule has 1 aromatic carbocycles. The number of nitrogens with zero attached hydrogens (tertiary/aromatic N) is 1. The van der Waals surface area contributed by atoms with Crippen molar-refractivity contribution in [3.8, 4) is 5.75 Å². The Morgan fingerprint density at radius 2 is 1.84 bits per heavy atom. The Labute approximate surface area is 107 Å². The molecule has 1 aromatic heterocycles. The minimum absolute atomic E-state index is 0.0727. The molecule has 2 aromatic rings. The molecule has 100 valence electrons. The molecule has 2 rings (SSSR count). The zero-order valence-corrected chi connectivity index (χ0v) is 9.64. The Kier molecular flexibility index (Phi) is 4.09. The molecule has 7 heteroatoms. The van der Waals surface area contributed by atoms with E-state index in [2.05, 4.69) is 15.0 Å². The van der Waals surface area contributed by atoms with Gasteiger partial charge in [0.15, 0.2) is 0 Å². The zero-order chi connectivity index (χ0) is 13.7. The molecular formula is C12H10F2N3O2-. The Balaban J connectivity index is 2.06. The third-order valence-electron chi connectivity index (χ3n) is 2.23. The van der Waals surface area contributed by atoms with E-state index in [1.54, 1.807) is 17.6 Å². The molecule has 0 bridgehead atoms. The summed E-state index contributed by atoms with van der Waals surface area (Å²) >= 11 is 0. The van der Waals surface area contributed by atoms with E-state index in [4.69, 9.17) is 0 Å². The van der Waals surface area contributed by atoms with Crippen molar-refractivity contribution in [1.82, 2.24) is 4.98 Å². The SMILES string of the molecule is [O-]Nc1ccnc(Nc2ccc(OC(F)F)cc2)c1. The van der Waals surface area contributed by atoms with E-state index in [9.17, 15) is 14.0 Å². The summed E-state index contributed by atoms with van der Waals surface area (Å²) in [5, 5.41) is 13.4. The summed E-state index contributed by atoms with van der Waals surface area (Å²) in [5.41, 5.74) is 2.76. The first-order valence-corrected chi connectivity index (χ1v) is 5.33. The average molecular weight is 266 g/mol. The van der Waals surface area contributed by atoms with Gasteiger partial charge in [-0.05, 0) is 30.3 Å². The van der Waals surface area contributed by atoms with Crippen LogP contribution in [0.15, 0.2) is 42.6 Å². The lowest BCUT2D eigenvalue weighted by Gasteiger charge is -2.11. The van der Waals surface area contributed by atoms with Crippen LogP contribution in [0.5, 0.6) is 5.75 Å². The van der Waals surface area contributed by atoms with Crippen molar-refractivity contribution in [2.45, 2.75) is 6.61 Å². The molecule has 0 atom stereocenters. The molecule has 0 amide bonds. The van der Waals surface area contributed by atoms with Gasteiger partial charge < -0.3 is 20.7 Å². The van der Waals surface area contributed by atoms with Gasteiger partial charge in [-0.2, -0.15) is 8.78 Å². The van der Waals surface area contributed by atoms with Gasteiger partial charge in [0.1, 0.15) is 11.6 Å². The molecule has 0 fully saturated rings. The number of alkyl halides is 2. The van der Waals surface area contributed by atoms with Crippen LogP contribution in [0, 0.1) is 5.21 Å². The van der Waals surface area contributed by atoms with E-state index in [0.717, 1.165) is 0 Å². The second kappa shape index (κ2) is 5.96. The maximum atomic E-state index is 12.0. The number of anilines is 3. The highest BCUT2D eigenvalue weighted by Crippen LogP contribution is 2.21. The largest absolute Gasteiger partial charge is 0.761 e. The maximum absolute atomic E-state index is 12.0. The van der Waals surface area contributed by atoms with Crippen molar-refractivity contribution in [3.05, 3.63) is 47.8 Å². The van der Waals surface area contributed by atoms with Gasteiger partial charge in [0, 0.05) is 23.6 Å². The lowest BCUT2D eigenvalue weighted by molar-refractivity contribution is -0.0498. The molecule has 0 aliphatic rings. The van der Waals surface area contributed by atoms with Gasteiger partial charge in [-0.15, -0.1) is 0 Å². The van der Waals surface area contributed by atoms with Crippen molar-refractivity contribution in [3.63, 3.8) is 0 Å². The molecule has 0 aliphatic heterocycles. The Bertz CT molecular complexity index is 535. The standard InChI is InChI=1S/C12H10F2N3O2/c13-12(14)19-10-3-1-8(2-4-10)16-11-7-9(17-18)5-6-15-11/h1-7,12H,(H2-,15,16,17,18)/q-1. The summed E-state index contributed by atoms with van der Waals surface area (Å²) in [6, 6.07) is 9.00. The predicted octanol–water partition coefficient (Wildman–Crippen LogP) is 3.34.